The van der Waals surface area contributed by atoms with Gasteiger partial charge in [0.15, 0.2) is 0 Å². The molecule has 3 nitrogen and oxygen atoms in total. The Morgan fingerprint density at radius 1 is 1.26 bits per heavy atom. The van der Waals surface area contributed by atoms with E-state index in [1.54, 1.807) is 6.07 Å². The fourth-order valence-electron chi connectivity index (χ4n) is 1.73. The summed E-state index contributed by atoms with van der Waals surface area (Å²) in [4.78, 5) is 8.66. The Balaban J connectivity index is 2.24. The van der Waals surface area contributed by atoms with Gasteiger partial charge < -0.3 is 5.32 Å². The molecule has 0 fully saturated rings. The van der Waals surface area contributed by atoms with Crippen LogP contribution >= 0.6 is 27.5 Å². The van der Waals surface area contributed by atoms with Crippen molar-refractivity contribution in [1.29, 1.82) is 0 Å². The highest BCUT2D eigenvalue weighted by Crippen LogP contribution is 2.23. The van der Waals surface area contributed by atoms with Crippen molar-refractivity contribution in [3.63, 3.8) is 0 Å². The largest absolute Gasteiger partial charge is 0.340 e. The second kappa shape index (κ2) is 6.35. The zero-order valence-corrected chi connectivity index (χ0v) is 13.2. The number of anilines is 2. The van der Waals surface area contributed by atoms with Gasteiger partial charge in [-0.15, -0.1) is 0 Å². The van der Waals surface area contributed by atoms with Crippen molar-refractivity contribution in [3.8, 4) is 0 Å². The van der Waals surface area contributed by atoms with Gasteiger partial charge in [-0.2, -0.15) is 0 Å². The summed E-state index contributed by atoms with van der Waals surface area (Å²) < 4.78 is 1.09. The lowest BCUT2D eigenvalue weighted by Gasteiger charge is -2.09. The van der Waals surface area contributed by atoms with Crippen LogP contribution in [0.1, 0.15) is 24.7 Å². The van der Waals surface area contributed by atoms with Crippen molar-refractivity contribution in [3.05, 3.63) is 45.3 Å². The first kappa shape index (κ1) is 14.3. The Kier molecular flexibility index (Phi) is 4.77. The molecule has 0 radical (unpaired) electrons. The van der Waals surface area contributed by atoms with Gasteiger partial charge >= 0.3 is 0 Å². The molecule has 0 unspecified atom stereocenters. The molecule has 0 spiro atoms. The highest BCUT2D eigenvalue weighted by Gasteiger charge is 2.04. The Morgan fingerprint density at radius 3 is 2.74 bits per heavy atom. The highest BCUT2D eigenvalue weighted by atomic mass is 79.9. The van der Waals surface area contributed by atoms with Gasteiger partial charge in [-0.1, -0.05) is 34.5 Å². The van der Waals surface area contributed by atoms with E-state index < -0.39 is 0 Å². The topological polar surface area (TPSA) is 37.8 Å². The molecule has 100 valence electrons. The Bertz CT molecular complexity index is 587. The van der Waals surface area contributed by atoms with Crippen LogP contribution in [0.25, 0.3) is 0 Å². The van der Waals surface area contributed by atoms with Gasteiger partial charge in [-0.25, -0.2) is 9.97 Å². The summed E-state index contributed by atoms with van der Waals surface area (Å²) in [7, 11) is 0. The summed E-state index contributed by atoms with van der Waals surface area (Å²) in [6, 6.07) is 7.79. The normalized spacial score (nSPS) is 10.5. The number of halogens is 2. The molecular formula is C14H15BrClN3. The molecule has 0 saturated heterocycles. The van der Waals surface area contributed by atoms with E-state index in [4.69, 9.17) is 11.6 Å². The van der Waals surface area contributed by atoms with Crippen LogP contribution in [-0.2, 0) is 6.42 Å². The third-order valence-electron chi connectivity index (χ3n) is 2.65. The van der Waals surface area contributed by atoms with Crippen LogP contribution < -0.4 is 5.32 Å². The van der Waals surface area contributed by atoms with E-state index >= 15 is 0 Å². The maximum absolute atomic E-state index is 6.01. The second-order valence-electron chi connectivity index (χ2n) is 4.33. The molecule has 5 heteroatoms. The first-order chi connectivity index (χ1) is 9.08. The first-order valence-corrected chi connectivity index (χ1v) is 7.32. The fraction of sp³-hybridized carbons (Fsp3) is 0.286. The number of nitrogens with zero attached hydrogens (tertiary/aromatic N) is 2. The number of benzene rings is 1. The summed E-state index contributed by atoms with van der Waals surface area (Å²) >= 11 is 9.49. The third kappa shape index (κ3) is 3.91. The second-order valence-corrected chi connectivity index (χ2v) is 5.57. The van der Waals surface area contributed by atoms with Gasteiger partial charge in [0.2, 0.25) is 0 Å². The summed E-state index contributed by atoms with van der Waals surface area (Å²) in [5, 5.41) is 3.72. The minimum absolute atomic E-state index is 0.467. The number of hydrogen-bond donors (Lipinski definition) is 1. The predicted molar refractivity (Wildman–Crippen MR) is 83.2 cm³/mol. The zero-order chi connectivity index (χ0) is 13.8. The van der Waals surface area contributed by atoms with Gasteiger partial charge in [0.25, 0.3) is 0 Å². The number of nitrogens with one attached hydrogen (secondary N) is 1. The van der Waals surface area contributed by atoms with Gasteiger partial charge in [0.05, 0.1) is 0 Å². The first-order valence-electron chi connectivity index (χ1n) is 6.15. The minimum atomic E-state index is 0.467. The summed E-state index contributed by atoms with van der Waals surface area (Å²) in [6.45, 7) is 4.14. The van der Waals surface area contributed by atoms with Gasteiger partial charge in [0.1, 0.15) is 16.8 Å². The number of aromatic nitrogens is 2. The van der Waals surface area contributed by atoms with E-state index in [0.717, 1.165) is 34.6 Å². The maximum atomic E-state index is 6.01. The molecule has 0 saturated carbocycles. The quantitative estimate of drug-likeness (QED) is 0.805. The van der Waals surface area contributed by atoms with E-state index in [9.17, 15) is 0 Å². The Hall–Kier alpha value is -1.13. The van der Waals surface area contributed by atoms with Crippen LogP contribution in [0.3, 0.4) is 0 Å². The van der Waals surface area contributed by atoms with Gasteiger partial charge in [0, 0.05) is 22.6 Å². The minimum Gasteiger partial charge on any atom is -0.340 e. The molecule has 0 bridgehead atoms. The van der Waals surface area contributed by atoms with Crippen molar-refractivity contribution in [2.75, 3.05) is 5.32 Å². The SMILES string of the molecule is CCCc1nc(Cl)cc(Nc2ccc(Br)c(C)c2)n1. The van der Waals surface area contributed by atoms with Crippen molar-refractivity contribution in [2.45, 2.75) is 26.7 Å². The summed E-state index contributed by atoms with van der Waals surface area (Å²) in [5.74, 6) is 1.50. The van der Waals surface area contributed by atoms with Crippen LogP contribution in [-0.4, -0.2) is 9.97 Å². The predicted octanol–water partition coefficient (Wildman–Crippen LogP) is 4.90. The average molecular weight is 341 g/mol. The fourth-order valence-corrected chi connectivity index (χ4v) is 2.18. The number of rotatable bonds is 4. The molecular weight excluding hydrogens is 326 g/mol. The van der Waals surface area contributed by atoms with Gasteiger partial charge in [-0.3, -0.25) is 0 Å². The molecule has 1 aromatic heterocycles. The van der Waals surface area contributed by atoms with Crippen LogP contribution in [0.5, 0.6) is 0 Å². The van der Waals surface area contributed by atoms with E-state index in [2.05, 4.69) is 44.2 Å². The lowest BCUT2D eigenvalue weighted by Crippen LogP contribution is -2.00. The van der Waals surface area contributed by atoms with Gasteiger partial charge in [-0.05, 0) is 37.1 Å². The monoisotopic (exact) mass is 339 g/mol. The molecule has 2 rings (SSSR count). The highest BCUT2D eigenvalue weighted by molar-refractivity contribution is 9.10. The Morgan fingerprint density at radius 2 is 2.05 bits per heavy atom. The molecule has 2 aromatic rings. The molecule has 0 aliphatic rings. The summed E-state index contributed by atoms with van der Waals surface area (Å²) in [5.41, 5.74) is 2.15. The van der Waals surface area contributed by atoms with Crippen LogP contribution in [0.4, 0.5) is 11.5 Å². The van der Waals surface area contributed by atoms with Crippen LogP contribution in [0.2, 0.25) is 5.15 Å². The molecule has 1 N–H and O–H groups in total. The van der Waals surface area contributed by atoms with E-state index in [1.807, 2.05) is 19.1 Å². The van der Waals surface area contributed by atoms with E-state index in [1.165, 1.54) is 5.56 Å². The molecule has 19 heavy (non-hydrogen) atoms. The number of hydrogen-bond acceptors (Lipinski definition) is 3. The average Bonchev–Trinajstić information content (AvgIpc) is 2.33. The number of aryl methyl sites for hydroxylation is 2. The van der Waals surface area contributed by atoms with Crippen molar-refractivity contribution < 1.29 is 0 Å². The van der Waals surface area contributed by atoms with Crippen molar-refractivity contribution >= 4 is 39.0 Å². The molecule has 0 aliphatic carbocycles. The lowest BCUT2D eigenvalue weighted by molar-refractivity contribution is 0.837. The smallest absolute Gasteiger partial charge is 0.135 e. The molecule has 0 atom stereocenters. The zero-order valence-electron chi connectivity index (χ0n) is 10.9. The van der Waals surface area contributed by atoms with E-state index in [-0.39, 0.29) is 0 Å². The standard InChI is InChI=1S/C14H15BrClN3/c1-3-4-13-18-12(16)8-14(19-13)17-10-5-6-11(15)9(2)7-10/h5-8H,3-4H2,1-2H3,(H,17,18,19). The third-order valence-corrected chi connectivity index (χ3v) is 3.73. The van der Waals surface area contributed by atoms with Crippen molar-refractivity contribution in [2.24, 2.45) is 0 Å². The molecule has 1 heterocycles. The lowest BCUT2D eigenvalue weighted by atomic mass is 10.2. The van der Waals surface area contributed by atoms with Crippen LogP contribution in [0, 0.1) is 6.92 Å². The molecule has 0 aliphatic heterocycles. The maximum Gasteiger partial charge on any atom is 0.135 e. The molecule has 0 amide bonds. The van der Waals surface area contributed by atoms with Crippen LogP contribution in [0.15, 0.2) is 28.7 Å². The van der Waals surface area contributed by atoms with E-state index in [0.29, 0.717) is 5.15 Å². The van der Waals surface area contributed by atoms with Crippen molar-refractivity contribution in [1.82, 2.24) is 9.97 Å². The molecule has 1 aromatic carbocycles. The Labute approximate surface area is 126 Å². The summed E-state index contributed by atoms with van der Waals surface area (Å²) in [6.07, 6.45) is 1.83.